The fraction of sp³-hybridized carbons (Fsp3) is 0.734. The summed E-state index contributed by atoms with van der Waals surface area (Å²) in [4.78, 5) is 37.8. The first-order valence-corrected chi connectivity index (χ1v) is 29.6. The van der Waals surface area contributed by atoms with Crippen molar-refractivity contribution in [1.29, 1.82) is 0 Å². The summed E-state index contributed by atoms with van der Waals surface area (Å²) >= 11 is 0. The molecule has 402 valence electrons. The van der Waals surface area contributed by atoms with E-state index in [9.17, 15) is 14.4 Å². The van der Waals surface area contributed by atoms with E-state index in [2.05, 4.69) is 106 Å². The van der Waals surface area contributed by atoms with E-state index >= 15 is 0 Å². The standard InChI is InChI=1S/C64H110O6/c1-4-7-10-13-16-18-20-21-22-23-24-25-26-27-28-29-30-31-32-33-34-35-36-37-38-39-40-41-42-43-44-46-48-51-54-57-63(66)69-60-61(59-68-62(65)56-53-50-47-15-12-9-6-3)70-64(67)58-55-52-49-45-19-17-14-11-8-5-2/h7,10,16,18,21-22,24-25,27-28,30-31,33-34,61H,4-6,8-9,11-15,17,19-20,23,26,29,32,35-60H2,1-3H3/b10-7-,18-16-,22-21-,25-24-,28-27-,31-30-,34-33-. The molecule has 6 heteroatoms. The minimum Gasteiger partial charge on any atom is -0.462 e. The van der Waals surface area contributed by atoms with E-state index in [1.54, 1.807) is 0 Å². The van der Waals surface area contributed by atoms with Crippen LogP contribution in [0.1, 0.15) is 284 Å². The average Bonchev–Trinajstić information content (AvgIpc) is 3.36. The Balaban J connectivity index is 3.96. The zero-order valence-electron chi connectivity index (χ0n) is 46.0. The molecule has 0 amide bonds. The van der Waals surface area contributed by atoms with Gasteiger partial charge in [0.1, 0.15) is 13.2 Å². The first kappa shape index (κ1) is 66.6. The molecule has 0 bridgehead atoms. The molecule has 0 aliphatic rings. The van der Waals surface area contributed by atoms with Crippen LogP contribution in [0.4, 0.5) is 0 Å². The van der Waals surface area contributed by atoms with Gasteiger partial charge in [-0.1, -0.05) is 273 Å². The first-order valence-electron chi connectivity index (χ1n) is 29.6. The number of unbranched alkanes of at least 4 members (excludes halogenated alkanes) is 28. The quantitative estimate of drug-likeness (QED) is 0.0261. The highest BCUT2D eigenvalue weighted by Gasteiger charge is 2.19. The van der Waals surface area contributed by atoms with Gasteiger partial charge in [0.15, 0.2) is 6.10 Å². The highest BCUT2D eigenvalue weighted by Crippen LogP contribution is 2.16. The van der Waals surface area contributed by atoms with Gasteiger partial charge in [-0.05, 0) is 77.0 Å². The van der Waals surface area contributed by atoms with Crippen LogP contribution in [0.3, 0.4) is 0 Å². The maximum absolute atomic E-state index is 12.7. The number of carbonyl (C=O) groups is 3. The summed E-state index contributed by atoms with van der Waals surface area (Å²) in [7, 11) is 0. The van der Waals surface area contributed by atoms with Crippen molar-refractivity contribution in [3.8, 4) is 0 Å². The number of rotatable bonds is 53. The lowest BCUT2D eigenvalue weighted by molar-refractivity contribution is -0.167. The second-order valence-corrected chi connectivity index (χ2v) is 19.5. The number of allylic oxidation sites excluding steroid dienone is 14. The molecule has 0 aromatic heterocycles. The molecule has 0 saturated heterocycles. The van der Waals surface area contributed by atoms with Crippen LogP contribution in [0.15, 0.2) is 85.1 Å². The molecule has 0 rings (SSSR count). The number of hydrogen-bond donors (Lipinski definition) is 0. The Morgan fingerprint density at radius 2 is 0.557 bits per heavy atom. The van der Waals surface area contributed by atoms with Gasteiger partial charge < -0.3 is 14.2 Å². The predicted molar refractivity (Wildman–Crippen MR) is 302 cm³/mol. The SMILES string of the molecule is CC/C=C\C/C=C\C/C=C\C/C=C\C/C=C\C/C=C\C/C=C\CCCCCCCCCCCCCCCC(=O)OCC(COC(=O)CCCCCCCCC)OC(=O)CCCCCCCCCCCC. The third-order valence-corrected chi connectivity index (χ3v) is 12.7. The van der Waals surface area contributed by atoms with E-state index in [-0.39, 0.29) is 31.1 Å². The maximum atomic E-state index is 12.7. The van der Waals surface area contributed by atoms with E-state index < -0.39 is 6.10 Å². The second kappa shape index (κ2) is 58.2. The van der Waals surface area contributed by atoms with E-state index in [0.717, 1.165) is 103 Å². The Morgan fingerprint density at radius 3 is 0.871 bits per heavy atom. The molecule has 1 unspecified atom stereocenters. The molecule has 6 nitrogen and oxygen atoms in total. The molecule has 0 aromatic carbocycles. The average molecular weight is 976 g/mol. The van der Waals surface area contributed by atoms with Crippen molar-refractivity contribution < 1.29 is 28.6 Å². The maximum Gasteiger partial charge on any atom is 0.306 e. The second-order valence-electron chi connectivity index (χ2n) is 19.5. The fourth-order valence-corrected chi connectivity index (χ4v) is 8.25. The molecule has 0 spiro atoms. The van der Waals surface area contributed by atoms with Crippen LogP contribution in [0, 0.1) is 0 Å². The van der Waals surface area contributed by atoms with Gasteiger partial charge in [0.2, 0.25) is 0 Å². The van der Waals surface area contributed by atoms with Gasteiger partial charge in [-0.3, -0.25) is 14.4 Å². The molecule has 0 aliphatic carbocycles. The van der Waals surface area contributed by atoms with Crippen molar-refractivity contribution in [2.24, 2.45) is 0 Å². The van der Waals surface area contributed by atoms with Gasteiger partial charge in [0, 0.05) is 19.3 Å². The van der Waals surface area contributed by atoms with E-state index in [1.807, 2.05) is 0 Å². The summed E-state index contributed by atoms with van der Waals surface area (Å²) in [6.45, 7) is 6.48. The molecule has 0 heterocycles. The van der Waals surface area contributed by atoms with Gasteiger partial charge in [0.25, 0.3) is 0 Å². The molecule has 0 fully saturated rings. The number of hydrogen-bond acceptors (Lipinski definition) is 6. The third kappa shape index (κ3) is 55.5. The summed E-state index contributed by atoms with van der Waals surface area (Å²) in [5.74, 6) is -0.875. The van der Waals surface area contributed by atoms with Gasteiger partial charge in [-0.2, -0.15) is 0 Å². The number of esters is 3. The first-order chi connectivity index (χ1) is 34.5. The Hall–Kier alpha value is -3.41. The molecule has 0 N–H and O–H groups in total. The van der Waals surface area contributed by atoms with E-state index in [0.29, 0.717) is 19.3 Å². The van der Waals surface area contributed by atoms with Crippen molar-refractivity contribution in [3.05, 3.63) is 85.1 Å². The van der Waals surface area contributed by atoms with Crippen LogP contribution in [-0.2, 0) is 28.6 Å². The van der Waals surface area contributed by atoms with E-state index in [4.69, 9.17) is 14.2 Å². The van der Waals surface area contributed by atoms with Gasteiger partial charge in [0.05, 0.1) is 0 Å². The van der Waals surface area contributed by atoms with Crippen molar-refractivity contribution in [3.63, 3.8) is 0 Å². The summed E-state index contributed by atoms with van der Waals surface area (Å²) in [6, 6.07) is 0. The summed E-state index contributed by atoms with van der Waals surface area (Å²) < 4.78 is 16.7. The van der Waals surface area contributed by atoms with Gasteiger partial charge in [-0.15, -0.1) is 0 Å². The minimum atomic E-state index is -0.768. The lowest BCUT2D eigenvalue weighted by Gasteiger charge is -2.18. The molecular formula is C64H110O6. The van der Waals surface area contributed by atoms with E-state index in [1.165, 1.54) is 141 Å². The highest BCUT2D eigenvalue weighted by molar-refractivity contribution is 5.71. The van der Waals surface area contributed by atoms with Crippen LogP contribution >= 0.6 is 0 Å². The van der Waals surface area contributed by atoms with Crippen molar-refractivity contribution >= 4 is 17.9 Å². The summed E-state index contributed by atoms with van der Waals surface area (Å²) in [6.07, 6.45) is 76.2. The lowest BCUT2D eigenvalue weighted by atomic mass is 10.0. The molecule has 0 radical (unpaired) electrons. The normalized spacial score (nSPS) is 12.7. The molecule has 0 aliphatic heterocycles. The Labute approximate surface area is 433 Å². The Kier molecular flexibility index (Phi) is 55.3. The van der Waals surface area contributed by atoms with Crippen LogP contribution in [0.2, 0.25) is 0 Å². The van der Waals surface area contributed by atoms with Gasteiger partial charge >= 0.3 is 17.9 Å². The Bertz CT molecular complexity index is 1350. The van der Waals surface area contributed by atoms with Crippen LogP contribution in [-0.4, -0.2) is 37.2 Å². The smallest absolute Gasteiger partial charge is 0.306 e. The van der Waals surface area contributed by atoms with Crippen LogP contribution < -0.4 is 0 Å². The fourth-order valence-electron chi connectivity index (χ4n) is 8.25. The lowest BCUT2D eigenvalue weighted by Crippen LogP contribution is -2.30. The minimum absolute atomic E-state index is 0.0719. The monoisotopic (exact) mass is 975 g/mol. The van der Waals surface area contributed by atoms with Crippen molar-refractivity contribution in [1.82, 2.24) is 0 Å². The zero-order chi connectivity index (χ0) is 50.7. The summed E-state index contributed by atoms with van der Waals surface area (Å²) in [5, 5.41) is 0. The van der Waals surface area contributed by atoms with Crippen molar-refractivity contribution in [2.75, 3.05) is 13.2 Å². The number of ether oxygens (including phenoxy) is 3. The molecule has 0 saturated carbocycles. The highest BCUT2D eigenvalue weighted by atomic mass is 16.6. The van der Waals surface area contributed by atoms with Gasteiger partial charge in [-0.25, -0.2) is 0 Å². The predicted octanol–water partition coefficient (Wildman–Crippen LogP) is 19.9. The molecule has 1 atom stereocenters. The van der Waals surface area contributed by atoms with Crippen LogP contribution in [0.5, 0.6) is 0 Å². The Morgan fingerprint density at radius 1 is 0.300 bits per heavy atom. The summed E-state index contributed by atoms with van der Waals surface area (Å²) in [5.41, 5.74) is 0. The van der Waals surface area contributed by atoms with Crippen molar-refractivity contribution in [2.45, 2.75) is 290 Å². The van der Waals surface area contributed by atoms with Crippen LogP contribution in [0.25, 0.3) is 0 Å². The molecule has 70 heavy (non-hydrogen) atoms. The topological polar surface area (TPSA) is 78.9 Å². The number of carbonyl (C=O) groups excluding carboxylic acids is 3. The zero-order valence-corrected chi connectivity index (χ0v) is 46.0. The molecular weight excluding hydrogens is 865 g/mol. The molecule has 0 aromatic rings. The largest absolute Gasteiger partial charge is 0.462 e. The third-order valence-electron chi connectivity index (χ3n) is 12.7.